The number of benzene rings is 2. The van der Waals surface area contributed by atoms with Crippen molar-refractivity contribution in [1.29, 1.82) is 0 Å². The molecule has 0 aliphatic carbocycles. The first kappa shape index (κ1) is 19.5. The molecule has 1 atom stereocenters. The summed E-state index contributed by atoms with van der Waals surface area (Å²) in [5, 5.41) is 11.8. The van der Waals surface area contributed by atoms with Gasteiger partial charge in [-0.2, -0.15) is 0 Å². The standard InChI is InChI=1S/C21H25NO4/c1-15(2)12-16-8-10-18(11-9-16)19(13-20(23)24)22-21(25)26-14-17-6-4-3-5-7-17/h3-11,15,19H,12-14H2,1-2H3,(H,22,25)(H,23,24). The predicted octanol–water partition coefficient (Wildman–Crippen LogP) is 4.33. The zero-order valence-electron chi connectivity index (χ0n) is 15.1. The van der Waals surface area contributed by atoms with Gasteiger partial charge in [-0.1, -0.05) is 68.4 Å². The number of aliphatic carboxylic acids is 1. The molecule has 1 amide bonds. The van der Waals surface area contributed by atoms with Crippen molar-refractivity contribution in [3.63, 3.8) is 0 Å². The van der Waals surface area contributed by atoms with Crippen LogP contribution in [0.15, 0.2) is 54.6 Å². The molecule has 0 radical (unpaired) electrons. The van der Waals surface area contributed by atoms with E-state index in [1.807, 2.05) is 54.6 Å². The Morgan fingerprint density at radius 1 is 1.00 bits per heavy atom. The Balaban J connectivity index is 1.99. The third-order valence-corrected chi connectivity index (χ3v) is 3.91. The molecule has 0 heterocycles. The summed E-state index contributed by atoms with van der Waals surface area (Å²) in [6.45, 7) is 4.43. The normalized spacial score (nSPS) is 11.8. The van der Waals surface area contributed by atoms with Crippen LogP contribution in [-0.2, 0) is 22.6 Å². The molecule has 0 aliphatic heterocycles. The van der Waals surface area contributed by atoms with Gasteiger partial charge in [0.05, 0.1) is 12.5 Å². The fourth-order valence-corrected chi connectivity index (χ4v) is 2.69. The summed E-state index contributed by atoms with van der Waals surface area (Å²) >= 11 is 0. The number of amides is 1. The molecular weight excluding hydrogens is 330 g/mol. The van der Waals surface area contributed by atoms with Gasteiger partial charge in [0.25, 0.3) is 0 Å². The smallest absolute Gasteiger partial charge is 0.407 e. The van der Waals surface area contributed by atoms with Gasteiger partial charge in [0, 0.05) is 0 Å². The molecule has 0 spiro atoms. The SMILES string of the molecule is CC(C)Cc1ccc(C(CC(=O)O)NC(=O)OCc2ccccc2)cc1. The topological polar surface area (TPSA) is 75.6 Å². The van der Waals surface area contributed by atoms with E-state index in [1.165, 1.54) is 5.56 Å². The average Bonchev–Trinajstić information content (AvgIpc) is 2.60. The van der Waals surface area contributed by atoms with Gasteiger partial charge >= 0.3 is 12.1 Å². The highest BCUT2D eigenvalue weighted by Gasteiger charge is 2.19. The second-order valence-electron chi connectivity index (χ2n) is 6.70. The van der Waals surface area contributed by atoms with Crippen LogP contribution in [0.2, 0.25) is 0 Å². The minimum Gasteiger partial charge on any atom is -0.481 e. The van der Waals surface area contributed by atoms with Crippen molar-refractivity contribution in [3.8, 4) is 0 Å². The Morgan fingerprint density at radius 3 is 2.23 bits per heavy atom. The van der Waals surface area contributed by atoms with E-state index in [1.54, 1.807) is 0 Å². The number of carbonyl (C=O) groups excluding carboxylic acids is 1. The maximum absolute atomic E-state index is 12.1. The number of alkyl carbamates (subject to hydrolysis) is 1. The highest BCUT2D eigenvalue weighted by Crippen LogP contribution is 2.19. The van der Waals surface area contributed by atoms with Crippen LogP contribution in [-0.4, -0.2) is 17.2 Å². The first-order chi connectivity index (χ1) is 12.4. The van der Waals surface area contributed by atoms with Crippen molar-refractivity contribution >= 4 is 12.1 Å². The second-order valence-corrected chi connectivity index (χ2v) is 6.70. The van der Waals surface area contributed by atoms with Crippen molar-refractivity contribution in [1.82, 2.24) is 5.32 Å². The number of ether oxygens (including phenoxy) is 1. The molecule has 2 N–H and O–H groups in total. The van der Waals surface area contributed by atoms with Gasteiger partial charge in [0.1, 0.15) is 6.61 Å². The first-order valence-corrected chi connectivity index (χ1v) is 8.72. The Kier molecular flexibility index (Phi) is 7.21. The van der Waals surface area contributed by atoms with E-state index < -0.39 is 18.1 Å². The Bertz CT molecular complexity index is 711. The van der Waals surface area contributed by atoms with E-state index >= 15 is 0 Å². The molecule has 0 saturated carbocycles. The van der Waals surface area contributed by atoms with Crippen LogP contribution in [0.1, 0.15) is 43.0 Å². The van der Waals surface area contributed by atoms with Crippen molar-refractivity contribution in [2.45, 2.75) is 39.3 Å². The van der Waals surface area contributed by atoms with Gasteiger partial charge in [-0.3, -0.25) is 4.79 Å². The summed E-state index contributed by atoms with van der Waals surface area (Å²) in [5.41, 5.74) is 2.80. The van der Waals surface area contributed by atoms with E-state index in [-0.39, 0.29) is 13.0 Å². The van der Waals surface area contributed by atoms with Crippen molar-refractivity contribution in [2.24, 2.45) is 5.92 Å². The van der Waals surface area contributed by atoms with Gasteiger partial charge in [-0.25, -0.2) is 4.79 Å². The largest absolute Gasteiger partial charge is 0.481 e. The number of rotatable bonds is 8. The fraction of sp³-hybridized carbons (Fsp3) is 0.333. The molecule has 5 nitrogen and oxygen atoms in total. The van der Waals surface area contributed by atoms with E-state index in [0.29, 0.717) is 5.92 Å². The molecule has 0 aromatic heterocycles. The zero-order chi connectivity index (χ0) is 18.9. The quantitative estimate of drug-likeness (QED) is 0.739. The lowest BCUT2D eigenvalue weighted by Crippen LogP contribution is -2.30. The van der Waals surface area contributed by atoms with Crippen LogP contribution in [0.4, 0.5) is 4.79 Å². The van der Waals surface area contributed by atoms with E-state index in [9.17, 15) is 9.59 Å². The molecule has 0 saturated heterocycles. The lowest BCUT2D eigenvalue weighted by Gasteiger charge is -2.18. The summed E-state index contributed by atoms with van der Waals surface area (Å²) in [6, 6.07) is 16.4. The number of carbonyl (C=O) groups is 2. The Hall–Kier alpha value is -2.82. The molecular formula is C21H25NO4. The second kappa shape index (κ2) is 9.61. The third-order valence-electron chi connectivity index (χ3n) is 3.91. The monoisotopic (exact) mass is 355 g/mol. The summed E-state index contributed by atoms with van der Waals surface area (Å²) in [5.74, 6) is -0.439. The number of nitrogens with one attached hydrogen (secondary N) is 1. The maximum atomic E-state index is 12.1. The van der Waals surface area contributed by atoms with Crippen LogP contribution in [0.5, 0.6) is 0 Å². The molecule has 0 aliphatic rings. The number of hydrogen-bond donors (Lipinski definition) is 2. The van der Waals surface area contributed by atoms with E-state index in [0.717, 1.165) is 17.5 Å². The van der Waals surface area contributed by atoms with Gasteiger partial charge in [0.2, 0.25) is 0 Å². The number of carboxylic acid groups (broad SMARTS) is 1. The van der Waals surface area contributed by atoms with Gasteiger partial charge in [-0.05, 0) is 29.0 Å². The Labute approximate surface area is 154 Å². The van der Waals surface area contributed by atoms with Crippen molar-refractivity contribution < 1.29 is 19.4 Å². The lowest BCUT2D eigenvalue weighted by molar-refractivity contribution is -0.137. The first-order valence-electron chi connectivity index (χ1n) is 8.72. The number of hydrogen-bond acceptors (Lipinski definition) is 3. The minimum atomic E-state index is -0.982. The fourth-order valence-electron chi connectivity index (χ4n) is 2.69. The molecule has 1 unspecified atom stereocenters. The van der Waals surface area contributed by atoms with Crippen molar-refractivity contribution in [3.05, 3.63) is 71.3 Å². The Morgan fingerprint density at radius 2 is 1.65 bits per heavy atom. The summed E-state index contributed by atoms with van der Waals surface area (Å²) in [6.07, 6.45) is 0.117. The molecule has 0 fully saturated rings. The van der Waals surface area contributed by atoms with Gasteiger partial charge in [-0.15, -0.1) is 0 Å². The predicted molar refractivity (Wildman–Crippen MR) is 99.7 cm³/mol. The molecule has 26 heavy (non-hydrogen) atoms. The van der Waals surface area contributed by atoms with Crippen LogP contribution in [0.3, 0.4) is 0 Å². The minimum absolute atomic E-state index is 0.139. The van der Waals surface area contributed by atoms with Gasteiger partial charge in [0.15, 0.2) is 0 Å². The molecule has 2 rings (SSSR count). The van der Waals surface area contributed by atoms with Gasteiger partial charge < -0.3 is 15.2 Å². The summed E-state index contributed by atoms with van der Waals surface area (Å²) in [4.78, 5) is 23.2. The molecule has 5 heteroatoms. The summed E-state index contributed by atoms with van der Waals surface area (Å²) in [7, 11) is 0. The average molecular weight is 355 g/mol. The number of carboxylic acids is 1. The van der Waals surface area contributed by atoms with Crippen LogP contribution in [0.25, 0.3) is 0 Å². The highest BCUT2D eigenvalue weighted by molar-refractivity contribution is 5.72. The zero-order valence-corrected chi connectivity index (χ0v) is 15.1. The lowest BCUT2D eigenvalue weighted by atomic mass is 9.98. The van der Waals surface area contributed by atoms with Crippen LogP contribution in [0, 0.1) is 5.92 Å². The van der Waals surface area contributed by atoms with E-state index in [4.69, 9.17) is 9.84 Å². The van der Waals surface area contributed by atoms with Crippen LogP contribution >= 0.6 is 0 Å². The van der Waals surface area contributed by atoms with E-state index in [2.05, 4.69) is 19.2 Å². The third kappa shape index (κ3) is 6.59. The molecule has 2 aromatic rings. The maximum Gasteiger partial charge on any atom is 0.407 e. The highest BCUT2D eigenvalue weighted by atomic mass is 16.5. The molecule has 0 bridgehead atoms. The summed E-state index contributed by atoms with van der Waals surface area (Å²) < 4.78 is 5.20. The van der Waals surface area contributed by atoms with Crippen LogP contribution < -0.4 is 5.32 Å². The van der Waals surface area contributed by atoms with Crippen molar-refractivity contribution in [2.75, 3.05) is 0 Å². The molecule has 2 aromatic carbocycles. The molecule has 138 valence electrons.